The first-order valence-electron chi connectivity index (χ1n) is 3.62. The van der Waals surface area contributed by atoms with E-state index in [4.69, 9.17) is 34.8 Å². The fourth-order valence-electron chi connectivity index (χ4n) is 0.956. The van der Waals surface area contributed by atoms with E-state index in [1.54, 1.807) is 18.2 Å². The van der Waals surface area contributed by atoms with Gasteiger partial charge in [-0.2, -0.15) is 0 Å². The van der Waals surface area contributed by atoms with Crippen LogP contribution in [0.3, 0.4) is 0 Å². The van der Waals surface area contributed by atoms with E-state index in [0.717, 1.165) is 0 Å². The van der Waals surface area contributed by atoms with Crippen molar-refractivity contribution in [3.63, 3.8) is 0 Å². The van der Waals surface area contributed by atoms with Gasteiger partial charge in [0.25, 0.3) is 0 Å². The summed E-state index contributed by atoms with van der Waals surface area (Å²) in [5.41, 5.74) is 0.486. The van der Waals surface area contributed by atoms with Gasteiger partial charge in [-0.1, -0.05) is 29.3 Å². The number of Topliss-reactive ketones (excluding diaryl/α,β-unsaturated/α-hetero) is 1. The number of benzene rings is 1. The summed E-state index contributed by atoms with van der Waals surface area (Å²) in [5.74, 6) is -0.170. The van der Waals surface area contributed by atoms with Gasteiger partial charge in [0.2, 0.25) is 0 Å². The quantitative estimate of drug-likeness (QED) is 0.714. The van der Waals surface area contributed by atoms with Gasteiger partial charge < -0.3 is 0 Å². The minimum Gasteiger partial charge on any atom is -0.298 e. The van der Waals surface area contributed by atoms with Crippen molar-refractivity contribution in [2.24, 2.45) is 0 Å². The Bertz CT molecular complexity index is 315. The molecule has 13 heavy (non-hydrogen) atoms. The molecule has 4 heteroatoms. The van der Waals surface area contributed by atoms with E-state index in [-0.39, 0.29) is 5.78 Å². The predicted octanol–water partition coefficient (Wildman–Crippen LogP) is 3.86. The monoisotopic (exact) mass is 236 g/mol. The summed E-state index contributed by atoms with van der Waals surface area (Å²) in [6.07, 6.45) is 0. The number of hydrogen-bond donors (Lipinski definition) is 0. The van der Waals surface area contributed by atoms with E-state index in [9.17, 15) is 4.79 Å². The highest BCUT2D eigenvalue weighted by molar-refractivity contribution is 6.40. The molecule has 1 nitrogen and oxygen atoms in total. The summed E-state index contributed by atoms with van der Waals surface area (Å²) in [6, 6.07) is 5.01. The number of rotatable bonds is 2. The Kier molecular flexibility index (Phi) is 3.60. The van der Waals surface area contributed by atoms with E-state index >= 15 is 0 Å². The first-order chi connectivity index (χ1) is 6.04. The third-order valence-electron chi connectivity index (χ3n) is 1.61. The van der Waals surface area contributed by atoms with Crippen LogP contribution < -0.4 is 0 Å². The van der Waals surface area contributed by atoms with Gasteiger partial charge in [-0.3, -0.25) is 4.79 Å². The maximum absolute atomic E-state index is 11.0. The fraction of sp³-hybridized carbons (Fsp3) is 0.222. The molecule has 1 rings (SSSR count). The lowest BCUT2D eigenvalue weighted by atomic mass is 10.1. The zero-order valence-electron chi connectivity index (χ0n) is 6.85. The maximum Gasteiger partial charge on any atom is 0.152 e. The van der Waals surface area contributed by atoms with Crippen LogP contribution in [0.4, 0.5) is 0 Å². The van der Waals surface area contributed by atoms with Crippen molar-refractivity contribution in [1.82, 2.24) is 0 Å². The summed E-state index contributed by atoms with van der Waals surface area (Å²) in [4.78, 5) is 11.0. The SMILES string of the molecule is CC(=O)C(Cl)c1c(Cl)cccc1Cl. The molecular weight excluding hydrogens is 230 g/mol. The molecule has 0 aliphatic heterocycles. The lowest BCUT2D eigenvalue weighted by Gasteiger charge is -2.09. The second-order valence-corrected chi connectivity index (χ2v) is 3.86. The first-order valence-corrected chi connectivity index (χ1v) is 4.81. The molecule has 1 aromatic carbocycles. The molecule has 0 amide bonds. The van der Waals surface area contributed by atoms with Gasteiger partial charge in [0.05, 0.1) is 0 Å². The van der Waals surface area contributed by atoms with Gasteiger partial charge in [-0.05, 0) is 19.1 Å². The third kappa shape index (κ3) is 2.37. The van der Waals surface area contributed by atoms with Crippen molar-refractivity contribution in [2.45, 2.75) is 12.3 Å². The Labute approximate surface area is 91.6 Å². The number of halogens is 3. The first kappa shape index (κ1) is 10.8. The number of ketones is 1. The van der Waals surface area contributed by atoms with Crippen molar-refractivity contribution in [3.05, 3.63) is 33.8 Å². The lowest BCUT2D eigenvalue weighted by Crippen LogP contribution is -2.02. The largest absolute Gasteiger partial charge is 0.298 e. The molecule has 0 aliphatic carbocycles. The number of carbonyl (C=O) groups excluding carboxylic acids is 1. The van der Waals surface area contributed by atoms with Gasteiger partial charge in [0.15, 0.2) is 5.78 Å². The molecule has 1 unspecified atom stereocenters. The second-order valence-electron chi connectivity index (χ2n) is 2.61. The molecule has 70 valence electrons. The normalized spacial score (nSPS) is 12.6. The van der Waals surface area contributed by atoms with Crippen LogP contribution in [0.15, 0.2) is 18.2 Å². The lowest BCUT2D eigenvalue weighted by molar-refractivity contribution is -0.116. The maximum atomic E-state index is 11.0. The molecule has 0 N–H and O–H groups in total. The molecule has 0 radical (unpaired) electrons. The summed E-state index contributed by atoms with van der Waals surface area (Å²) < 4.78 is 0. The molecule has 0 saturated heterocycles. The highest BCUT2D eigenvalue weighted by Gasteiger charge is 2.19. The molecule has 0 bridgehead atoms. The van der Waals surface area contributed by atoms with E-state index in [1.165, 1.54) is 6.92 Å². The van der Waals surface area contributed by atoms with E-state index in [1.807, 2.05) is 0 Å². The Morgan fingerprint density at radius 1 is 1.31 bits per heavy atom. The Morgan fingerprint density at radius 2 is 1.77 bits per heavy atom. The van der Waals surface area contributed by atoms with Crippen LogP contribution in [0, 0.1) is 0 Å². The van der Waals surface area contributed by atoms with Crippen LogP contribution in [0.2, 0.25) is 10.0 Å². The Hall–Kier alpha value is -0.240. The molecular formula is C9H7Cl3O. The summed E-state index contributed by atoms with van der Waals surface area (Å²) in [6.45, 7) is 1.40. The van der Waals surface area contributed by atoms with Crippen LogP contribution in [0.1, 0.15) is 17.9 Å². The van der Waals surface area contributed by atoms with E-state index in [0.29, 0.717) is 15.6 Å². The van der Waals surface area contributed by atoms with Crippen molar-refractivity contribution in [3.8, 4) is 0 Å². The topological polar surface area (TPSA) is 17.1 Å². The zero-order valence-corrected chi connectivity index (χ0v) is 9.12. The molecule has 0 aliphatic rings. The Morgan fingerprint density at radius 3 is 2.15 bits per heavy atom. The van der Waals surface area contributed by atoms with Crippen LogP contribution in [-0.4, -0.2) is 5.78 Å². The van der Waals surface area contributed by atoms with Crippen LogP contribution in [0.5, 0.6) is 0 Å². The third-order valence-corrected chi connectivity index (χ3v) is 2.79. The molecule has 0 spiro atoms. The van der Waals surface area contributed by atoms with Crippen molar-refractivity contribution < 1.29 is 4.79 Å². The fourth-order valence-corrected chi connectivity index (χ4v) is 1.92. The van der Waals surface area contributed by atoms with E-state index in [2.05, 4.69) is 0 Å². The molecule has 0 fully saturated rings. The number of carbonyl (C=O) groups is 1. The van der Waals surface area contributed by atoms with Crippen LogP contribution >= 0.6 is 34.8 Å². The standard InChI is InChI=1S/C9H7Cl3O/c1-5(13)9(12)8-6(10)3-2-4-7(8)11/h2-4,9H,1H3. The summed E-state index contributed by atoms with van der Waals surface area (Å²) in [7, 11) is 0. The van der Waals surface area contributed by atoms with Crippen LogP contribution in [0.25, 0.3) is 0 Å². The average molecular weight is 238 g/mol. The van der Waals surface area contributed by atoms with Gasteiger partial charge in [-0.15, -0.1) is 11.6 Å². The zero-order chi connectivity index (χ0) is 10.0. The summed E-state index contributed by atoms with van der Waals surface area (Å²) >= 11 is 17.5. The minimum absolute atomic E-state index is 0.170. The number of hydrogen-bond acceptors (Lipinski definition) is 1. The molecule has 0 saturated carbocycles. The van der Waals surface area contributed by atoms with E-state index < -0.39 is 5.38 Å². The summed E-state index contributed by atoms with van der Waals surface area (Å²) in [5, 5.41) is 0.0756. The van der Waals surface area contributed by atoms with Gasteiger partial charge in [0, 0.05) is 15.6 Å². The highest BCUT2D eigenvalue weighted by Crippen LogP contribution is 2.34. The van der Waals surface area contributed by atoms with Crippen molar-refractivity contribution in [2.75, 3.05) is 0 Å². The van der Waals surface area contributed by atoms with Gasteiger partial charge in [0.1, 0.15) is 5.38 Å². The van der Waals surface area contributed by atoms with Gasteiger partial charge >= 0.3 is 0 Å². The molecule has 1 atom stereocenters. The predicted molar refractivity (Wildman–Crippen MR) is 55.7 cm³/mol. The van der Waals surface area contributed by atoms with Crippen molar-refractivity contribution in [1.29, 1.82) is 0 Å². The van der Waals surface area contributed by atoms with Crippen LogP contribution in [-0.2, 0) is 4.79 Å². The average Bonchev–Trinajstić information content (AvgIpc) is 2.03. The molecule has 1 aromatic rings. The number of alkyl halides is 1. The van der Waals surface area contributed by atoms with Gasteiger partial charge in [-0.25, -0.2) is 0 Å². The Balaban J connectivity index is 3.20. The highest BCUT2D eigenvalue weighted by atomic mass is 35.5. The molecule has 0 heterocycles. The minimum atomic E-state index is -0.763. The second kappa shape index (κ2) is 4.32. The molecule has 0 aromatic heterocycles. The van der Waals surface area contributed by atoms with Crippen molar-refractivity contribution >= 4 is 40.6 Å². The smallest absolute Gasteiger partial charge is 0.152 e.